The second-order valence-corrected chi connectivity index (χ2v) is 6.19. The van der Waals surface area contributed by atoms with Crippen molar-refractivity contribution in [1.29, 1.82) is 0 Å². The molecule has 0 radical (unpaired) electrons. The molecule has 1 aliphatic rings. The molecule has 3 rings (SSSR count). The lowest BCUT2D eigenvalue weighted by Gasteiger charge is -2.26. The van der Waals surface area contributed by atoms with Gasteiger partial charge in [-0.3, -0.25) is 14.9 Å². The predicted molar refractivity (Wildman–Crippen MR) is 95.1 cm³/mol. The molecule has 1 saturated heterocycles. The van der Waals surface area contributed by atoms with Gasteiger partial charge >= 0.3 is 6.03 Å². The Morgan fingerprint density at radius 2 is 1.68 bits per heavy atom. The summed E-state index contributed by atoms with van der Waals surface area (Å²) in [5.74, 6) is -1.32. The molecule has 0 unspecified atom stereocenters. The van der Waals surface area contributed by atoms with E-state index < -0.39 is 17.8 Å². The average molecular weight is 337 g/mol. The van der Waals surface area contributed by atoms with Crippen molar-refractivity contribution >= 4 is 29.6 Å². The molecule has 0 saturated carbocycles. The van der Waals surface area contributed by atoms with Crippen molar-refractivity contribution in [2.24, 2.45) is 7.05 Å². The van der Waals surface area contributed by atoms with Crippen LogP contribution in [0.1, 0.15) is 22.5 Å². The minimum atomic E-state index is -0.738. The molecule has 6 heteroatoms. The van der Waals surface area contributed by atoms with Crippen LogP contribution in [0.25, 0.3) is 6.08 Å². The molecule has 0 spiro atoms. The summed E-state index contributed by atoms with van der Waals surface area (Å²) in [6.45, 7) is 5.78. The summed E-state index contributed by atoms with van der Waals surface area (Å²) in [6.07, 6.45) is 1.51. The zero-order valence-corrected chi connectivity index (χ0v) is 14.6. The standard InChI is InChI=1S/C19H19N3O3/c1-11-5-7-15(9-12(11)2)22-18(24)16(17(23)20-19(22)25)10-14-8-6-13(3)21(14)4/h5-10H,1-4H3,(H,20,23,25)/b16-10+. The van der Waals surface area contributed by atoms with Gasteiger partial charge in [-0.25, -0.2) is 9.69 Å². The number of barbiturate groups is 1. The minimum Gasteiger partial charge on any atom is -0.348 e. The monoisotopic (exact) mass is 337 g/mol. The maximum absolute atomic E-state index is 12.8. The highest BCUT2D eigenvalue weighted by Gasteiger charge is 2.37. The molecule has 2 aromatic rings. The number of hydrogen-bond donors (Lipinski definition) is 1. The van der Waals surface area contributed by atoms with E-state index in [1.807, 2.05) is 50.6 Å². The van der Waals surface area contributed by atoms with Crippen molar-refractivity contribution in [3.63, 3.8) is 0 Å². The Kier molecular flexibility index (Phi) is 4.04. The fourth-order valence-corrected chi connectivity index (χ4v) is 2.68. The number of anilines is 1. The van der Waals surface area contributed by atoms with Gasteiger partial charge in [0, 0.05) is 18.4 Å². The molecule has 0 bridgehead atoms. The van der Waals surface area contributed by atoms with E-state index in [-0.39, 0.29) is 5.57 Å². The van der Waals surface area contributed by atoms with E-state index in [0.29, 0.717) is 11.4 Å². The Labute approximate surface area is 145 Å². The van der Waals surface area contributed by atoms with Crippen LogP contribution in [0.15, 0.2) is 35.9 Å². The van der Waals surface area contributed by atoms with E-state index in [2.05, 4.69) is 5.32 Å². The molecule has 4 amide bonds. The van der Waals surface area contributed by atoms with Crippen molar-refractivity contribution in [3.8, 4) is 0 Å². The minimum absolute atomic E-state index is 0.0703. The van der Waals surface area contributed by atoms with Crippen LogP contribution in [-0.2, 0) is 16.6 Å². The average Bonchev–Trinajstić information content (AvgIpc) is 2.86. The van der Waals surface area contributed by atoms with Crippen LogP contribution in [0.2, 0.25) is 0 Å². The Morgan fingerprint density at radius 3 is 2.28 bits per heavy atom. The lowest BCUT2D eigenvalue weighted by molar-refractivity contribution is -0.122. The summed E-state index contributed by atoms with van der Waals surface area (Å²) in [4.78, 5) is 38.2. The van der Waals surface area contributed by atoms with E-state index in [1.165, 1.54) is 6.08 Å². The third kappa shape index (κ3) is 2.87. The molecular weight excluding hydrogens is 318 g/mol. The van der Waals surface area contributed by atoms with Gasteiger partial charge in [0.2, 0.25) is 0 Å². The van der Waals surface area contributed by atoms with Crippen LogP contribution in [-0.4, -0.2) is 22.4 Å². The molecule has 1 aromatic heterocycles. The summed E-state index contributed by atoms with van der Waals surface area (Å²) in [5, 5.41) is 2.24. The largest absolute Gasteiger partial charge is 0.348 e. The summed E-state index contributed by atoms with van der Waals surface area (Å²) >= 11 is 0. The highest BCUT2D eigenvalue weighted by atomic mass is 16.2. The van der Waals surface area contributed by atoms with Crippen LogP contribution in [0.5, 0.6) is 0 Å². The van der Waals surface area contributed by atoms with Crippen molar-refractivity contribution in [2.45, 2.75) is 20.8 Å². The van der Waals surface area contributed by atoms with E-state index in [4.69, 9.17) is 0 Å². The summed E-state index contributed by atoms with van der Waals surface area (Å²) in [6, 6.07) is 8.26. The molecule has 2 heterocycles. The molecule has 128 valence electrons. The predicted octanol–water partition coefficient (Wildman–Crippen LogP) is 2.62. The number of imide groups is 2. The van der Waals surface area contributed by atoms with Gasteiger partial charge in [-0.05, 0) is 62.2 Å². The summed E-state index contributed by atoms with van der Waals surface area (Å²) in [7, 11) is 1.85. The lowest BCUT2D eigenvalue weighted by Crippen LogP contribution is -2.54. The van der Waals surface area contributed by atoms with Crippen LogP contribution in [0.3, 0.4) is 0 Å². The zero-order valence-electron chi connectivity index (χ0n) is 14.6. The number of amides is 4. The third-order valence-electron chi connectivity index (χ3n) is 4.55. The summed E-state index contributed by atoms with van der Waals surface area (Å²) < 4.78 is 1.87. The van der Waals surface area contributed by atoms with Crippen LogP contribution in [0, 0.1) is 20.8 Å². The van der Waals surface area contributed by atoms with Crippen LogP contribution < -0.4 is 10.2 Å². The first kappa shape index (κ1) is 16.7. The molecule has 0 aliphatic carbocycles. The van der Waals surface area contributed by atoms with Crippen LogP contribution in [0.4, 0.5) is 10.5 Å². The number of rotatable bonds is 2. The number of hydrogen-bond acceptors (Lipinski definition) is 3. The quantitative estimate of drug-likeness (QED) is 0.676. The third-order valence-corrected chi connectivity index (χ3v) is 4.55. The van der Waals surface area contributed by atoms with Crippen molar-refractivity contribution in [2.75, 3.05) is 4.90 Å². The van der Waals surface area contributed by atoms with E-state index >= 15 is 0 Å². The maximum Gasteiger partial charge on any atom is 0.335 e. The fraction of sp³-hybridized carbons (Fsp3) is 0.211. The Morgan fingerprint density at radius 1 is 0.960 bits per heavy atom. The highest BCUT2D eigenvalue weighted by molar-refractivity contribution is 6.39. The van der Waals surface area contributed by atoms with Gasteiger partial charge in [-0.15, -0.1) is 0 Å². The molecule has 0 atom stereocenters. The molecule has 6 nitrogen and oxygen atoms in total. The molecule has 1 fully saturated rings. The van der Waals surface area contributed by atoms with Gasteiger partial charge in [0.1, 0.15) is 5.57 Å². The van der Waals surface area contributed by atoms with Gasteiger partial charge in [-0.2, -0.15) is 0 Å². The van der Waals surface area contributed by atoms with Gasteiger partial charge in [0.25, 0.3) is 11.8 Å². The first-order chi connectivity index (χ1) is 11.8. The summed E-state index contributed by atoms with van der Waals surface area (Å²) in [5.41, 5.74) is 4.09. The smallest absolute Gasteiger partial charge is 0.335 e. The molecule has 1 aromatic carbocycles. The van der Waals surface area contributed by atoms with Gasteiger partial charge in [0.05, 0.1) is 5.69 Å². The number of benzene rings is 1. The normalized spacial score (nSPS) is 16.6. The first-order valence-electron chi connectivity index (χ1n) is 7.90. The second-order valence-electron chi connectivity index (χ2n) is 6.19. The Balaban J connectivity index is 2.05. The second kappa shape index (κ2) is 6.05. The lowest BCUT2D eigenvalue weighted by atomic mass is 10.1. The number of carbonyl (C=O) groups excluding carboxylic acids is 3. The van der Waals surface area contributed by atoms with Crippen molar-refractivity contribution in [3.05, 3.63) is 58.4 Å². The zero-order chi connectivity index (χ0) is 18.3. The Hall–Kier alpha value is -3.15. The fourth-order valence-electron chi connectivity index (χ4n) is 2.68. The molecule has 1 N–H and O–H groups in total. The molecule has 25 heavy (non-hydrogen) atoms. The van der Waals surface area contributed by atoms with E-state index in [0.717, 1.165) is 21.7 Å². The number of carbonyl (C=O) groups is 3. The maximum atomic E-state index is 12.8. The topological polar surface area (TPSA) is 71.4 Å². The molecule has 1 aliphatic heterocycles. The number of nitrogens with one attached hydrogen (secondary N) is 1. The highest BCUT2D eigenvalue weighted by Crippen LogP contribution is 2.24. The first-order valence-corrected chi connectivity index (χ1v) is 7.90. The molecular formula is C19H19N3O3. The number of urea groups is 1. The van der Waals surface area contributed by atoms with Crippen molar-refractivity contribution in [1.82, 2.24) is 9.88 Å². The van der Waals surface area contributed by atoms with E-state index in [1.54, 1.807) is 12.1 Å². The van der Waals surface area contributed by atoms with E-state index in [9.17, 15) is 14.4 Å². The number of aromatic nitrogens is 1. The van der Waals surface area contributed by atoms with Crippen LogP contribution >= 0.6 is 0 Å². The SMILES string of the molecule is Cc1ccc(N2C(=O)NC(=O)/C(=C\c3ccc(C)n3C)C2=O)cc1C. The number of aryl methyl sites for hydroxylation is 3. The van der Waals surface area contributed by atoms with Gasteiger partial charge < -0.3 is 4.57 Å². The van der Waals surface area contributed by atoms with Gasteiger partial charge in [0.15, 0.2) is 0 Å². The van der Waals surface area contributed by atoms with Crippen molar-refractivity contribution < 1.29 is 14.4 Å². The van der Waals surface area contributed by atoms with Gasteiger partial charge in [-0.1, -0.05) is 6.07 Å². The number of nitrogens with zero attached hydrogens (tertiary/aromatic N) is 2. The Bertz CT molecular complexity index is 937.